The van der Waals surface area contributed by atoms with E-state index in [0.717, 1.165) is 0 Å². The van der Waals surface area contributed by atoms with Crippen LogP contribution in [-0.2, 0) is 11.4 Å². The number of rotatable bonds is 0. The first-order valence-corrected chi connectivity index (χ1v) is 1.50. The monoisotopic (exact) mass is 142 g/mol. The molecule has 0 N–H and O–H groups in total. The second-order valence-corrected chi connectivity index (χ2v) is 0.612. The Morgan fingerprint density at radius 1 is 1.14 bits per heavy atom. The maximum atomic E-state index is 8.44. The fraction of sp³-hybridized carbons (Fsp3) is 1.00. The molecule has 0 atom stereocenters. The summed E-state index contributed by atoms with van der Waals surface area (Å²) in [6.45, 7) is 0. The predicted octanol–water partition coefficient (Wildman–Crippen LogP) is -6.36. The van der Waals surface area contributed by atoms with E-state index in [0.29, 0.717) is 0 Å². The van der Waals surface area contributed by atoms with Crippen LogP contribution in [0, 0.1) is 0 Å². The van der Waals surface area contributed by atoms with Crippen molar-refractivity contribution in [2.75, 3.05) is 0 Å². The molecule has 6 heteroatoms. The SMILES string of the molecule is C.O=S([O-])[O-].[Na+].[Na+]. The van der Waals surface area contributed by atoms with E-state index in [9.17, 15) is 0 Å². The van der Waals surface area contributed by atoms with E-state index in [2.05, 4.69) is 0 Å². The fourth-order valence-electron chi connectivity index (χ4n) is 0. The molecule has 0 unspecified atom stereocenters. The zero-order valence-corrected chi connectivity index (χ0v) is 8.45. The van der Waals surface area contributed by atoms with Crippen LogP contribution in [-0.4, -0.2) is 13.3 Å². The average molecular weight is 142 g/mol. The molecule has 0 bridgehead atoms. The van der Waals surface area contributed by atoms with E-state index in [4.69, 9.17) is 13.3 Å². The molecule has 34 valence electrons. The van der Waals surface area contributed by atoms with Crippen LogP contribution in [0.1, 0.15) is 7.43 Å². The Morgan fingerprint density at radius 3 is 1.14 bits per heavy atom. The summed E-state index contributed by atoms with van der Waals surface area (Å²) >= 11 is -3.11. The van der Waals surface area contributed by atoms with Gasteiger partial charge in [-0.2, -0.15) is 0 Å². The van der Waals surface area contributed by atoms with Gasteiger partial charge in [0.05, 0.1) is 0 Å². The Hall–Kier alpha value is 2.07. The molecule has 0 fully saturated rings. The molecule has 0 amide bonds. The largest absolute Gasteiger partial charge is 1.00 e. The van der Waals surface area contributed by atoms with Gasteiger partial charge in [-0.3, -0.25) is 4.21 Å². The summed E-state index contributed by atoms with van der Waals surface area (Å²) < 4.78 is 25.3. The molecule has 0 radical (unpaired) electrons. The molecule has 0 saturated heterocycles. The standard InChI is InChI=1S/CH4.2Na.H2O3S/c;;;1-4(2)3/h1H4;;;(H2,1,2,3)/q;2*+1;/p-2. The quantitative estimate of drug-likeness (QED) is 0.249. The predicted molar refractivity (Wildman–Crippen MR) is 16.4 cm³/mol. The van der Waals surface area contributed by atoms with Gasteiger partial charge in [-0.15, -0.1) is 11.4 Å². The number of hydrogen-bond acceptors (Lipinski definition) is 3. The minimum Gasteiger partial charge on any atom is -0.784 e. The van der Waals surface area contributed by atoms with Gasteiger partial charge in [0.1, 0.15) is 0 Å². The van der Waals surface area contributed by atoms with Crippen LogP contribution in [0.3, 0.4) is 0 Å². The van der Waals surface area contributed by atoms with Crippen LogP contribution in [0.15, 0.2) is 0 Å². The third-order valence-electron chi connectivity index (χ3n) is 0. The van der Waals surface area contributed by atoms with Gasteiger partial charge >= 0.3 is 59.1 Å². The minimum atomic E-state index is -3.11. The molecular formula is CH4Na2O3S. The van der Waals surface area contributed by atoms with Gasteiger partial charge in [0, 0.05) is 0 Å². The van der Waals surface area contributed by atoms with Crippen LogP contribution in [0.5, 0.6) is 0 Å². The van der Waals surface area contributed by atoms with Crippen LogP contribution >= 0.6 is 0 Å². The van der Waals surface area contributed by atoms with Crippen LogP contribution in [0.4, 0.5) is 0 Å². The summed E-state index contributed by atoms with van der Waals surface area (Å²) in [5.74, 6) is 0. The van der Waals surface area contributed by atoms with Crippen molar-refractivity contribution in [3.8, 4) is 0 Å². The van der Waals surface area contributed by atoms with Crippen molar-refractivity contribution in [2.45, 2.75) is 7.43 Å². The van der Waals surface area contributed by atoms with Crippen molar-refractivity contribution in [1.82, 2.24) is 0 Å². The summed E-state index contributed by atoms with van der Waals surface area (Å²) in [6, 6.07) is 0. The van der Waals surface area contributed by atoms with E-state index in [-0.39, 0.29) is 66.5 Å². The Bertz CT molecular complexity index is 35.9. The van der Waals surface area contributed by atoms with E-state index < -0.39 is 11.4 Å². The Balaban J connectivity index is -0.0000000150. The molecular weight excluding hydrogens is 138 g/mol. The van der Waals surface area contributed by atoms with Gasteiger partial charge < -0.3 is 9.11 Å². The summed E-state index contributed by atoms with van der Waals surface area (Å²) in [4.78, 5) is 0. The molecule has 0 rings (SSSR count). The van der Waals surface area contributed by atoms with Gasteiger partial charge in [0.25, 0.3) is 0 Å². The number of hydrogen-bond donors (Lipinski definition) is 0. The zero-order valence-electron chi connectivity index (χ0n) is 3.63. The summed E-state index contributed by atoms with van der Waals surface area (Å²) in [5.41, 5.74) is 0. The molecule has 7 heavy (non-hydrogen) atoms. The van der Waals surface area contributed by atoms with Crippen molar-refractivity contribution >= 4 is 11.4 Å². The first kappa shape index (κ1) is 23.0. The molecule has 0 spiro atoms. The molecule has 0 aliphatic rings. The van der Waals surface area contributed by atoms with Crippen molar-refractivity contribution in [2.24, 2.45) is 0 Å². The molecule has 0 aromatic rings. The van der Waals surface area contributed by atoms with E-state index in [1.165, 1.54) is 0 Å². The second-order valence-electron chi connectivity index (χ2n) is 0.204. The van der Waals surface area contributed by atoms with Crippen molar-refractivity contribution in [3.63, 3.8) is 0 Å². The van der Waals surface area contributed by atoms with Gasteiger partial charge in [-0.25, -0.2) is 0 Å². The van der Waals surface area contributed by atoms with Gasteiger partial charge in [0.2, 0.25) is 0 Å². The van der Waals surface area contributed by atoms with Crippen LogP contribution in [0.25, 0.3) is 0 Å². The Morgan fingerprint density at radius 2 is 1.14 bits per heavy atom. The molecule has 0 aliphatic heterocycles. The topological polar surface area (TPSA) is 63.2 Å². The third-order valence-corrected chi connectivity index (χ3v) is 0. The van der Waals surface area contributed by atoms with E-state index in [1.54, 1.807) is 0 Å². The van der Waals surface area contributed by atoms with Gasteiger partial charge in [0.15, 0.2) is 0 Å². The van der Waals surface area contributed by atoms with Crippen molar-refractivity contribution < 1.29 is 72.4 Å². The Labute approximate surface area is 90.0 Å². The van der Waals surface area contributed by atoms with Crippen molar-refractivity contribution in [1.29, 1.82) is 0 Å². The maximum Gasteiger partial charge on any atom is 1.00 e. The first-order chi connectivity index (χ1) is 1.73. The van der Waals surface area contributed by atoms with E-state index in [1.807, 2.05) is 0 Å². The third kappa shape index (κ3) is 69.4. The van der Waals surface area contributed by atoms with Crippen LogP contribution in [0.2, 0.25) is 0 Å². The van der Waals surface area contributed by atoms with Gasteiger partial charge in [-0.1, -0.05) is 7.43 Å². The second kappa shape index (κ2) is 15.7. The van der Waals surface area contributed by atoms with E-state index >= 15 is 0 Å². The Kier molecular flexibility index (Phi) is 51.5. The normalized spacial score (nSPS) is 5.00. The fourth-order valence-corrected chi connectivity index (χ4v) is 0. The molecule has 0 aliphatic carbocycles. The van der Waals surface area contributed by atoms with Gasteiger partial charge in [-0.05, 0) is 0 Å². The zero-order chi connectivity index (χ0) is 3.58. The molecule has 0 aromatic heterocycles. The van der Waals surface area contributed by atoms with Crippen LogP contribution < -0.4 is 59.1 Å². The maximum absolute atomic E-state index is 8.44. The minimum absolute atomic E-state index is 0. The average Bonchev–Trinajstić information content (AvgIpc) is 0.811. The molecule has 0 saturated carbocycles. The summed E-state index contributed by atoms with van der Waals surface area (Å²) in [5, 5.41) is 0. The van der Waals surface area contributed by atoms with Crippen molar-refractivity contribution in [3.05, 3.63) is 0 Å². The molecule has 0 aromatic carbocycles. The first-order valence-electron chi connectivity index (χ1n) is 0.500. The summed E-state index contributed by atoms with van der Waals surface area (Å²) in [7, 11) is 0. The smallest absolute Gasteiger partial charge is 0.784 e. The molecule has 0 heterocycles. The summed E-state index contributed by atoms with van der Waals surface area (Å²) in [6.07, 6.45) is 0. The molecule has 3 nitrogen and oxygen atoms in total.